The van der Waals surface area contributed by atoms with Gasteiger partial charge in [0.15, 0.2) is 0 Å². The van der Waals surface area contributed by atoms with E-state index in [1.54, 1.807) is 0 Å². The largest absolute Gasteiger partial charge is 0.312 e. The number of para-hydroxylation sites is 1. The van der Waals surface area contributed by atoms with E-state index in [0.717, 1.165) is 31.0 Å². The van der Waals surface area contributed by atoms with Gasteiger partial charge in [-0.15, -0.1) is 0 Å². The van der Waals surface area contributed by atoms with Crippen molar-refractivity contribution in [1.82, 2.24) is 4.90 Å². The maximum Gasteiger partial charge on any atom is 0.138 e. The lowest BCUT2D eigenvalue weighted by molar-refractivity contribution is 0.603. The zero-order valence-corrected chi connectivity index (χ0v) is 12.3. The Hall–Kier alpha value is -1.64. The molecule has 1 aromatic rings. The molecule has 0 saturated carbocycles. The van der Waals surface area contributed by atoms with Crippen molar-refractivity contribution in [2.45, 2.75) is 45.4 Å². The SMILES string of the molecule is CCCCCCCC1=Nc2ccccc2C2=NCCN12. The maximum absolute atomic E-state index is 4.87. The van der Waals surface area contributed by atoms with Gasteiger partial charge >= 0.3 is 0 Å². The van der Waals surface area contributed by atoms with E-state index >= 15 is 0 Å². The molecule has 3 heteroatoms. The number of amidine groups is 2. The summed E-state index contributed by atoms with van der Waals surface area (Å²) >= 11 is 0. The summed E-state index contributed by atoms with van der Waals surface area (Å²) in [6.07, 6.45) is 7.64. The zero-order chi connectivity index (χ0) is 13.8. The second-order valence-electron chi connectivity index (χ2n) is 5.57. The van der Waals surface area contributed by atoms with Crippen LogP contribution in [0.2, 0.25) is 0 Å². The van der Waals surface area contributed by atoms with Crippen LogP contribution in [0.15, 0.2) is 34.3 Å². The summed E-state index contributed by atoms with van der Waals surface area (Å²) in [5.41, 5.74) is 2.28. The van der Waals surface area contributed by atoms with Crippen molar-refractivity contribution in [2.75, 3.05) is 13.1 Å². The van der Waals surface area contributed by atoms with E-state index in [0.29, 0.717) is 0 Å². The average molecular weight is 269 g/mol. The molecule has 0 unspecified atom stereocenters. The first-order valence-electron chi connectivity index (χ1n) is 7.89. The van der Waals surface area contributed by atoms with Crippen molar-refractivity contribution in [3.05, 3.63) is 29.8 Å². The van der Waals surface area contributed by atoms with Gasteiger partial charge in [-0.05, 0) is 18.6 Å². The molecule has 106 valence electrons. The van der Waals surface area contributed by atoms with Crippen LogP contribution in [0.25, 0.3) is 0 Å². The number of unbranched alkanes of at least 4 members (excludes halogenated alkanes) is 4. The third-order valence-electron chi connectivity index (χ3n) is 4.05. The summed E-state index contributed by atoms with van der Waals surface area (Å²) in [7, 11) is 0. The standard InChI is InChI=1S/C17H23N3/c1-2-3-4-5-6-11-16-19-15-10-8-7-9-14(15)17-18-12-13-20(16)17/h7-10H,2-6,11-13H2,1H3. The summed E-state index contributed by atoms with van der Waals surface area (Å²) in [5.74, 6) is 2.36. The van der Waals surface area contributed by atoms with Crippen LogP contribution in [0, 0.1) is 0 Å². The van der Waals surface area contributed by atoms with Crippen LogP contribution in [0.1, 0.15) is 51.0 Å². The van der Waals surface area contributed by atoms with Crippen LogP contribution in [-0.2, 0) is 0 Å². The minimum atomic E-state index is 0.901. The Labute approximate surface area is 121 Å². The molecule has 0 spiro atoms. The predicted molar refractivity (Wildman–Crippen MR) is 85.0 cm³/mol. The van der Waals surface area contributed by atoms with Gasteiger partial charge in [0, 0.05) is 18.5 Å². The highest BCUT2D eigenvalue weighted by Gasteiger charge is 2.28. The van der Waals surface area contributed by atoms with Gasteiger partial charge < -0.3 is 4.90 Å². The average Bonchev–Trinajstić information content (AvgIpc) is 2.97. The van der Waals surface area contributed by atoms with E-state index in [4.69, 9.17) is 4.99 Å². The molecule has 2 aliphatic rings. The van der Waals surface area contributed by atoms with Crippen LogP contribution >= 0.6 is 0 Å². The number of fused-ring (bicyclic) bond motifs is 3. The Bertz CT molecular complexity index is 531. The molecule has 0 bridgehead atoms. The second-order valence-corrected chi connectivity index (χ2v) is 5.57. The fourth-order valence-electron chi connectivity index (χ4n) is 2.97. The van der Waals surface area contributed by atoms with Crippen LogP contribution in [-0.4, -0.2) is 29.7 Å². The Morgan fingerprint density at radius 2 is 1.95 bits per heavy atom. The molecule has 3 rings (SSSR count). The van der Waals surface area contributed by atoms with E-state index in [9.17, 15) is 0 Å². The number of rotatable bonds is 6. The van der Waals surface area contributed by atoms with Crippen molar-refractivity contribution in [3.63, 3.8) is 0 Å². The molecule has 20 heavy (non-hydrogen) atoms. The Kier molecular flexibility index (Phi) is 4.14. The molecule has 0 saturated heterocycles. The molecule has 0 aliphatic carbocycles. The fraction of sp³-hybridized carbons (Fsp3) is 0.529. The highest BCUT2D eigenvalue weighted by atomic mass is 15.3. The molecule has 1 aromatic carbocycles. The monoisotopic (exact) mass is 269 g/mol. The van der Waals surface area contributed by atoms with Gasteiger partial charge in [-0.3, -0.25) is 4.99 Å². The Morgan fingerprint density at radius 3 is 2.85 bits per heavy atom. The summed E-state index contributed by atoms with van der Waals surface area (Å²) in [6, 6.07) is 8.37. The minimum absolute atomic E-state index is 0.901. The van der Waals surface area contributed by atoms with Gasteiger partial charge in [0.05, 0.1) is 12.2 Å². The summed E-state index contributed by atoms with van der Waals surface area (Å²) in [5, 5.41) is 0. The van der Waals surface area contributed by atoms with Gasteiger partial charge in [0.25, 0.3) is 0 Å². The molecular weight excluding hydrogens is 246 g/mol. The number of hydrogen-bond donors (Lipinski definition) is 0. The molecule has 2 aliphatic heterocycles. The van der Waals surface area contributed by atoms with Gasteiger partial charge in [-0.25, -0.2) is 4.99 Å². The summed E-state index contributed by atoms with van der Waals surface area (Å²) in [4.78, 5) is 11.9. The van der Waals surface area contributed by atoms with Crippen molar-refractivity contribution >= 4 is 17.4 Å². The second kappa shape index (κ2) is 6.21. The van der Waals surface area contributed by atoms with E-state index in [1.807, 2.05) is 0 Å². The Balaban J connectivity index is 1.71. The molecular formula is C17H23N3. The molecule has 0 N–H and O–H groups in total. The van der Waals surface area contributed by atoms with E-state index in [1.165, 1.54) is 43.5 Å². The lowest BCUT2D eigenvalue weighted by Gasteiger charge is -2.27. The van der Waals surface area contributed by atoms with Gasteiger partial charge in [0.2, 0.25) is 0 Å². The maximum atomic E-state index is 4.87. The topological polar surface area (TPSA) is 28.0 Å². The molecule has 2 heterocycles. The normalized spacial score (nSPS) is 16.6. The fourth-order valence-corrected chi connectivity index (χ4v) is 2.97. The number of aliphatic imine (C=N–C) groups is 2. The zero-order valence-electron chi connectivity index (χ0n) is 12.3. The van der Waals surface area contributed by atoms with Crippen LogP contribution in [0.4, 0.5) is 5.69 Å². The lowest BCUT2D eigenvalue weighted by Crippen LogP contribution is -2.37. The summed E-state index contributed by atoms with van der Waals surface area (Å²) < 4.78 is 0. The lowest BCUT2D eigenvalue weighted by atomic mass is 10.1. The third-order valence-corrected chi connectivity index (χ3v) is 4.05. The first-order chi connectivity index (χ1) is 9.90. The molecule has 0 radical (unpaired) electrons. The van der Waals surface area contributed by atoms with Crippen molar-refractivity contribution in [1.29, 1.82) is 0 Å². The summed E-state index contributed by atoms with van der Waals surface area (Å²) in [6.45, 7) is 4.16. The Morgan fingerprint density at radius 1 is 1.10 bits per heavy atom. The van der Waals surface area contributed by atoms with E-state index < -0.39 is 0 Å². The predicted octanol–water partition coefficient (Wildman–Crippen LogP) is 4.15. The first-order valence-corrected chi connectivity index (χ1v) is 7.89. The minimum Gasteiger partial charge on any atom is -0.312 e. The van der Waals surface area contributed by atoms with Gasteiger partial charge in [-0.2, -0.15) is 0 Å². The van der Waals surface area contributed by atoms with E-state index in [2.05, 4.69) is 41.1 Å². The van der Waals surface area contributed by atoms with Crippen LogP contribution in [0.3, 0.4) is 0 Å². The molecule has 3 nitrogen and oxygen atoms in total. The van der Waals surface area contributed by atoms with Crippen LogP contribution < -0.4 is 0 Å². The molecule has 0 fully saturated rings. The number of hydrogen-bond acceptors (Lipinski definition) is 3. The van der Waals surface area contributed by atoms with Gasteiger partial charge in [-0.1, -0.05) is 44.7 Å². The molecule has 0 amide bonds. The highest BCUT2D eigenvalue weighted by molar-refractivity contribution is 6.16. The first kappa shape index (κ1) is 13.3. The van der Waals surface area contributed by atoms with Crippen LogP contribution in [0.5, 0.6) is 0 Å². The smallest absolute Gasteiger partial charge is 0.138 e. The van der Waals surface area contributed by atoms with Crippen molar-refractivity contribution < 1.29 is 0 Å². The highest BCUT2D eigenvalue weighted by Crippen LogP contribution is 2.29. The number of benzene rings is 1. The van der Waals surface area contributed by atoms with Crippen molar-refractivity contribution in [3.8, 4) is 0 Å². The third kappa shape index (κ3) is 2.62. The number of nitrogens with zero attached hydrogens (tertiary/aromatic N) is 3. The van der Waals surface area contributed by atoms with Gasteiger partial charge in [0.1, 0.15) is 11.7 Å². The van der Waals surface area contributed by atoms with Crippen molar-refractivity contribution in [2.24, 2.45) is 9.98 Å². The van der Waals surface area contributed by atoms with E-state index in [-0.39, 0.29) is 0 Å². The molecule has 0 aromatic heterocycles. The molecule has 0 atom stereocenters. The quantitative estimate of drug-likeness (QED) is 0.713.